The molecule has 0 radical (unpaired) electrons. The summed E-state index contributed by atoms with van der Waals surface area (Å²) in [6, 6.07) is 1.48. The van der Waals surface area contributed by atoms with Crippen LogP contribution < -0.4 is 5.32 Å². The van der Waals surface area contributed by atoms with Gasteiger partial charge in [-0.2, -0.15) is 4.37 Å². The molecule has 0 aliphatic heterocycles. The van der Waals surface area contributed by atoms with Crippen molar-refractivity contribution in [2.24, 2.45) is 0 Å². The molecule has 13 heavy (non-hydrogen) atoms. The van der Waals surface area contributed by atoms with Gasteiger partial charge < -0.3 is 10.0 Å². The van der Waals surface area contributed by atoms with Gasteiger partial charge in [0.15, 0.2) is 0 Å². The van der Waals surface area contributed by atoms with Gasteiger partial charge in [-0.05, 0) is 17.6 Å². The maximum Gasteiger partial charge on any atom is 0.322 e. The summed E-state index contributed by atoms with van der Waals surface area (Å²) in [6.07, 6.45) is 1.62. The molecule has 0 aliphatic carbocycles. The first-order valence-electron chi connectivity index (χ1n) is 3.77. The molecular formula is C7H11N3O2S. The highest BCUT2D eigenvalue weighted by atomic mass is 32.1. The smallest absolute Gasteiger partial charge is 0.322 e. The van der Waals surface area contributed by atoms with E-state index in [1.54, 1.807) is 19.3 Å². The molecule has 1 heterocycles. The van der Waals surface area contributed by atoms with Crippen molar-refractivity contribution in [3.63, 3.8) is 0 Å². The lowest BCUT2D eigenvalue weighted by molar-refractivity contribution is 0.202. The van der Waals surface area contributed by atoms with Crippen LogP contribution in [0.25, 0.3) is 0 Å². The fourth-order valence-electron chi connectivity index (χ4n) is 0.733. The van der Waals surface area contributed by atoms with E-state index in [0.29, 0.717) is 11.5 Å². The summed E-state index contributed by atoms with van der Waals surface area (Å²) >= 11 is 1.22. The SMILES string of the molecule is CN(CCO)C(=O)Nc1ccns1. The van der Waals surface area contributed by atoms with E-state index >= 15 is 0 Å². The Morgan fingerprint density at radius 1 is 1.85 bits per heavy atom. The molecule has 6 heteroatoms. The Bertz CT molecular complexity index is 263. The monoisotopic (exact) mass is 201 g/mol. The number of carbonyl (C=O) groups excluding carboxylic acids is 1. The Labute approximate surface area is 80.2 Å². The van der Waals surface area contributed by atoms with Crippen molar-refractivity contribution >= 4 is 22.6 Å². The molecule has 0 aromatic carbocycles. The second-order valence-electron chi connectivity index (χ2n) is 2.45. The predicted octanol–water partition coefficient (Wildman–Crippen LogP) is 0.599. The van der Waals surface area contributed by atoms with Gasteiger partial charge in [-0.25, -0.2) is 4.79 Å². The molecule has 0 atom stereocenters. The van der Waals surface area contributed by atoms with Gasteiger partial charge in [-0.1, -0.05) is 0 Å². The topological polar surface area (TPSA) is 65.5 Å². The summed E-state index contributed by atoms with van der Waals surface area (Å²) in [7, 11) is 1.62. The van der Waals surface area contributed by atoms with Gasteiger partial charge in [0.2, 0.25) is 0 Å². The number of aliphatic hydroxyl groups excluding tert-OH is 1. The molecule has 0 bridgehead atoms. The molecule has 1 aromatic heterocycles. The standard InChI is InChI=1S/C7H11N3O2S/c1-10(4-5-11)7(12)9-6-2-3-8-13-6/h2-3,11H,4-5H2,1H3,(H,9,12). The van der Waals surface area contributed by atoms with Crippen LogP contribution in [0.3, 0.4) is 0 Å². The molecule has 0 unspecified atom stereocenters. The minimum atomic E-state index is -0.238. The van der Waals surface area contributed by atoms with E-state index in [2.05, 4.69) is 9.69 Å². The van der Waals surface area contributed by atoms with Gasteiger partial charge in [0.25, 0.3) is 0 Å². The van der Waals surface area contributed by atoms with Crippen LogP contribution in [0.4, 0.5) is 9.80 Å². The first-order valence-corrected chi connectivity index (χ1v) is 4.55. The number of anilines is 1. The summed E-state index contributed by atoms with van der Waals surface area (Å²) in [5.41, 5.74) is 0. The van der Waals surface area contributed by atoms with Crippen LogP contribution in [0.1, 0.15) is 0 Å². The summed E-state index contributed by atoms with van der Waals surface area (Å²) in [6.45, 7) is 0.289. The van der Waals surface area contributed by atoms with Gasteiger partial charge in [-0.3, -0.25) is 5.32 Å². The molecule has 0 saturated carbocycles. The molecule has 0 spiro atoms. The van der Waals surface area contributed by atoms with Crippen molar-refractivity contribution in [3.8, 4) is 0 Å². The number of aliphatic hydroxyl groups is 1. The molecule has 0 fully saturated rings. The van der Waals surface area contributed by atoms with Crippen molar-refractivity contribution in [2.45, 2.75) is 0 Å². The molecule has 0 saturated heterocycles. The first kappa shape index (κ1) is 9.94. The van der Waals surface area contributed by atoms with Crippen LogP contribution in [0.5, 0.6) is 0 Å². The van der Waals surface area contributed by atoms with E-state index in [9.17, 15) is 4.79 Å². The molecule has 2 amide bonds. The maximum absolute atomic E-state index is 11.3. The number of urea groups is 1. The Kier molecular flexibility index (Phi) is 3.66. The zero-order chi connectivity index (χ0) is 9.68. The normalized spacial score (nSPS) is 9.69. The molecular weight excluding hydrogens is 190 g/mol. The van der Waals surface area contributed by atoms with Crippen LogP contribution in [0.2, 0.25) is 0 Å². The number of likely N-dealkylation sites (N-methyl/N-ethyl adjacent to an activating group) is 1. The van der Waals surface area contributed by atoms with Crippen molar-refractivity contribution < 1.29 is 9.90 Å². The van der Waals surface area contributed by atoms with E-state index in [-0.39, 0.29) is 12.6 Å². The van der Waals surface area contributed by atoms with Crippen molar-refractivity contribution in [1.29, 1.82) is 0 Å². The highest BCUT2D eigenvalue weighted by molar-refractivity contribution is 7.10. The number of hydrogen-bond donors (Lipinski definition) is 2. The summed E-state index contributed by atoms with van der Waals surface area (Å²) < 4.78 is 3.84. The molecule has 5 nitrogen and oxygen atoms in total. The number of hydrogen-bond acceptors (Lipinski definition) is 4. The second-order valence-corrected chi connectivity index (χ2v) is 3.29. The minimum absolute atomic E-state index is 0.0351. The third-order valence-electron chi connectivity index (χ3n) is 1.45. The van der Waals surface area contributed by atoms with Gasteiger partial charge in [0.1, 0.15) is 5.00 Å². The Hall–Kier alpha value is -1.14. The number of amides is 2. The number of carbonyl (C=O) groups is 1. The molecule has 72 valence electrons. The van der Waals surface area contributed by atoms with Gasteiger partial charge in [0, 0.05) is 19.8 Å². The second kappa shape index (κ2) is 4.78. The van der Waals surface area contributed by atoms with Gasteiger partial charge in [0.05, 0.1) is 6.61 Å². The fourth-order valence-corrected chi connectivity index (χ4v) is 1.22. The summed E-state index contributed by atoms with van der Waals surface area (Å²) in [5.74, 6) is 0. The average Bonchev–Trinajstić information content (AvgIpc) is 2.57. The lowest BCUT2D eigenvalue weighted by Gasteiger charge is -2.15. The van der Waals surface area contributed by atoms with Gasteiger partial charge >= 0.3 is 6.03 Å². The summed E-state index contributed by atoms with van der Waals surface area (Å²) in [5, 5.41) is 11.9. The van der Waals surface area contributed by atoms with Crippen molar-refractivity contribution in [1.82, 2.24) is 9.27 Å². The third kappa shape index (κ3) is 3.00. The average molecular weight is 201 g/mol. The third-order valence-corrected chi connectivity index (χ3v) is 2.11. The lowest BCUT2D eigenvalue weighted by atomic mass is 10.6. The van der Waals surface area contributed by atoms with E-state index in [0.717, 1.165) is 0 Å². The van der Waals surface area contributed by atoms with Crippen LogP contribution in [-0.2, 0) is 0 Å². The number of rotatable bonds is 3. The van der Waals surface area contributed by atoms with Crippen molar-refractivity contribution in [3.05, 3.63) is 12.3 Å². The highest BCUT2D eigenvalue weighted by Gasteiger charge is 2.07. The lowest BCUT2D eigenvalue weighted by Crippen LogP contribution is -2.33. The van der Waals surface area contributed by atoms with E-state index in [1.165, 1.54) is 16.4 Å². The van der Waals surface area contributed by atoms with Crippen molar-refractivity contribution in [2.75, 3.05) is 25.5 Å². The Balaban J connectivity index is 2.41. The van der Waals surface area contributed by atoms with Crippen LogP contribution in [-0.4, -0.2) is 40.6 Å². The summed E-state index contributed by atoms with van der Waals surface area (Å²) in [4.78, 5) is 12.7. The quantitative estimate of drug-likeness (QED) is 0.752. The minimum Gasteiger partial charge on any atom is -0.395 e. The highest BCUT2D eigenvalue weighted by Crippen LogP contribution is 2.11. The largest absolute Gasteiger partial charge is 0.395 e. The van der Waals surface area contributed by atoms with Crippen LogP contribution in [0.15, 0.2) is 12.3 Å². The predicted molar refractivity (Wildman–Crippen MR) is 50.8 cm³/mol. The Morgan fingerprint density at radius 3 is 3.15 bits per heavy atom. The number of aromatic nitrogens is 1. The number of nitrogens with one attached hydrogen (secondary N) is 1. The molecule has 1 rings (SSSR count). The van der Waals surface area contributed by atoms with E-state index in [1.807, 2.05) is 0 Å². The number of nitrogens with zero attached hydrogens (tertiary/aromatic N) is 2. The maximum atomic E-state index is 11.3. The van der Waals surface area contributed by atoms with Gasteiger partial charge in [-0.15, -0.1) is 0 Å². The Morgan fingerprint density at radius 2 is 2.62 bits per heavy atom. The van der Waals surface area contributed by atoms with E-state index < -0.39 is 0 Å². The molecule has 1 aromatic rings. The van der Waals surface area contributed by atoms with E-state index in [4.69, 9.17) is 5.11 Å². The van der Waals surface area contributed by atoms with Crippen LogP contribution in [0, 0.1) is 0 Å². The zero-order valence-corrected chi connectivity index (χ0v) is 8.04. The fraction of sp³-hybridized carbons (Fsp3) is 0.429. The molecule has 0 aliphatic rings. The first-order chi connectivity index (χ1) is 6.24. The molecule has 2 N–H and O–H groups in total. The zero-order valence-electron chi connectivity index (χ0n) is 7.23. The van der Waals surface area contributed by atoms with Crippen LogP contribution >= 0.6 is 11.5 Å².